The van der Waals surface area contributed by atoms with Crippen molar-refractivity contribution in [1.82, 2.24) is 10.2 Å². The molecular formula is C22H24N2OS. The van der Waals surface area contributed by atoms with Crippen LogP contribution in [-0.4, -0.2) is 30.4 Å². The predicted octanol–water partition coefficient (Wildman–Crippen LogP) is 4.54. The molecule has 134 valence electrons. The Morgan fingerprint density at radius 3 is 2.69 bits per heavy atom. The molecule has 0 aliphatic carbocycles. The zero-order valence-electron chi connectivity index (χ0n) is 14.9. The maximum Gasteiger partial charge on any atom is 0.251 e. The van der Waals surface area contributed by atoms with E-state index in [4.69, 9.17) is 0 Å². The van der Waals surface area contributed by atoms with Gasteiger partial charge in [0.2, 0.25) is 0 Å². The second kappa shape index (κ2) is 8.02. The summed E-state index contributed by atoms with van der Waals surface area (Å²) in [6.07, 6.45) is 2.31. The van der Waals surface area contributed by atoms with Crippen molar-refractivity contribution in [3.05, 3.63) is 70.4 Å². The second-order valence-corrected chi connectivity index (χ2v) is 7.87. The predicted molar refractivity (Wildman–Crippen MR) is 109 cm³/mol. The molecule has 0 atom stereocenters. The number of benzene rings is 2. The Morgan fingerprint density at radius 2 is 1.88 bits per heavy atom. The lowest BCUT2D eigenvalue weighted by Crippen LogP contribution is -2.38. The van der Waals surface area contributed by atoms with E-state index in [0.29, 0.717) is 5.92 Å². The van der Waals surface area contributed by atoms with E-state index in [1.807, 2.05) is 30.3 Å². The van der Waals surface area contributed by atoms with Crippen molar-refractivity contribution >= 4 is 28.0 Å². The molecule has 2 heterocycles. The zero-order chi connectivity index (χ0) is 17.8. The molecule has 1 aliphatic rings. The highest BCUT2D eigenvalue weighted by Crippen LogP contribution is 2.21. The lowest BCUT2D eigenvalue weighted by Gasteiger charge is -2.31. The fourth-order valence-corrected chi connectivity index (χ4v) is 4.40. The van der Waals surface area contributed by atoms with E-state index >= 15 is 0 Å². The highest BCUT2D eigenvalue weighted by molar-refractivity contribution is 7.07. The van der Waals surface area contributed by atoms with Crippen LogP contribution in [0.25, 0.3) is 10.8 Å². The minimum Gasteiger partial charge on any atom is -0.352 e. The summed E-state index contributed by atoms with van der Waals surface area (Å²) in [4.78, 5) is 15.2. The summed E-state index contributed by atoms with van der Waals surface area (Å²) < 4.78 is 0. The average molecular weight is 365 g/mol. The van der Waals surface area contributed by atoms with Crippen molar-refractivity contribution in [2.75, 3.05) is 19.6 Å². The number of hydrogen-bond acceptors (Lipinski definition) is 3. The van der Waals surface area contributed by atoms with Crippen molar-refractivity contribution in [1.29, 1.82) is 0 Å². The molecule has 1 fully saturated rings. The van der Waals surface area contributed by atoms with Crippen LogP contribution in [0, 0.1) is 5.92 Å². The summed E-state index contributed by atoms with van der Waals surface area (Å²) in [6, 6.07) is 16.2. The van der Waals surface area contributed by atoms with Gasteiger partial charge in [-0.05, 0) is 71.1 Å². The van der Waals surface area contributed by atoms with Crippen LogP contribution in [0.2, 0.25) is 0 Å². The molecule has 0 unspecified atom stereocenters. The van der Waals surface area contributed by atoms with Crippen LogP contribution < -0.4 is 5.32 Å². The fraction of sp³-hybridized carbons (Fsp3) is 0.318. The van der Waals surface area contributed by atoms with Gasteiger partial charge < -0.3 is 5.32 Å². The van der Waals surface area contributed by atoms with Gasteiger partial charge in [0.15, 0.2) is 0 Å². The summed E-state index contributed by atoms with van der Waals surface area (Å²) in [5.41, 5.74) is 2.19. The Hall–Kier alpha value is -2.17. The molecule has 0 spiro atoms. The molecule has 2 aromatic carbocycles. The van der Waals surface area contributed by atoms with Gasteiger partial charge in [-0.25, -0.2) is 0 Å². The molecule has 1 N–H and O–H groups in total. The number of likely N-dealkylation sites (tertiary alicyclic amines) is 1. The van der Waals surface area contributed by atoms with Crippen molar-refractivity contribution in [3.8, 4) is 0 Å². The first-order valence-electron chi connectivity index (χ1n) is 9.29. The Labute approximate surface area is 158 Å². The third-order valence-electron chi connectivity index (χ3n) is 5.28. The summed E-state index contributed by atoms with van der Waals surface area (Å²) >= 11 is 1.76. The van der Waals surface area contributed by atoms with Gasteiger partial charge in [0.1, 0.15) is 0 Å². The maximum absolute atomic E-state index is 12.7. The summed E-state index contributed by atoms with van der Waals surface area (Å²) in [7, 11) is 0. The lowest BCUT2D eigenvalue weighted by molar-refractivity contribution is 0.0937. The van der Waals surface area contributed by atoms with Crippen LogP contribution >= 0.6 is 11.3 Å². The van der Waals surface area contributed by atoms with E-state index in [0.717, 1.165) is 55.4 Å². The molecule has 3 aromatic rings. The second-order valence-electron chi connectivity index (χ2n) is 7.09. The number of carbonyl (C=O) groups is 1. The topological polar surface area (TPSA) is 32.3 Å². The first-order valence-corrected chi connectivity index (χ1v) is 10.2. The monoisotopic (exact) mass is 364 g/mol. The largest absolute Gasteiger partial charge is 0.352 e. The fourth-order valence-electron chi connectivity index (χ4n) is 3.75. The zero-order valence-corrected chi connectivity index (χ0v) is 15.7. The molecule has 3 nitrogen and oxygen atoms in total. The number of amides is 1. The number of piperidine rings is 1. The third-order valence-corrected chi connectivity index (χ3v) is 6.01. The summed E-state index contributed by atoms with van der Waals surface area (Å²) in [5, 5.41) is 9.68. The standard InChI is InChI=1S/C22H24N2OS/c25-22(21-7-3-5-19-4-1-2-6-20(19)21)23-14-17-8-11-24(12-9-17)15-18-10-13-26-16-18/h1-7,10,13,16-17H,8-9,11-12,14-15H2,(H,23,25). The number of nitrogens with zero attached hydrogens (tertiary/aromatic N) is 1. The number of thiophene rings is 1. The molecule has 1 amide bonds. The summed E-state index contributed by atoms with van der Waals surface area (Å²) in [6.45, 7) is 4.06. The van der Waals surface area contributed by atoms with E-state index in [1.54, 1.807) is 11.3 Å². The van der Waals surface area contributed by atoms with Crippen LogP contribution in [0.4, 0.5) is 0 Å². The third kappa shape index (κ3) is 3.97. The first-order chi connectivity index (χ1) is 12.8. The van der Waals surface area contributed by atoms with Crippen LogP contribution in [0.15, 0.2) is 59.3 Å². The molecular weight excluding hydrogens is 340 g/mol. The molecule has 4 heteroatoms. The van der Waals surface area contributed by atoms with Gasteiger partial charge in [-0.15, -0.1) is 0 Å². The average Bonchev–Trinajstić information content (AvgIpc) is 3.20. The van der Waals surface area contributed by atoms with E-state index in [2.05, 4.69) is 39.2 Å². The Kier molecular flexibility index (Phi) is 5.32. The van der Waals surface area contributed by atoms with Crippen LogP contribution in [-0.2, 0) is 6.54 Å². The van der Waals surface area contributed by atoms with Crippen molar-refractivity contribution in [2.45, 2.75) is 19.4 Å². The highest BCUT2D eigenvalue weighted by Gasteiger charge is 2.20. The van der Waals surface area contributed by atoms with Crippen molar-refractivity contribution < 1.29 is 4.79 Å². The molecule has 0 bridgehead atoms. The van der Waals surface area contributed by atoms with E-state index in [1.165, 1.54) is 5.56 Å². The minimum absolute atomic E-state index is 0.0440. The normalized spacial score (nSPS) is 16.0. The van der Waals surface area contributed by atoms with E-state index < -0.39 is 0 Å². The lowest BCUT2D eigenvalue weighted by atomic mass is 9.96. The van der Waals surface area contributed by atoms with Gasteiger partial charge in [0.05, 0.1) is 0 Å². The summed E-state index contributed by atoms with van der Waals surface area (Å²) in [5.74, 6) is 0.621. The van der Waals surface area contributed by atoms with Crippen molar-refractivity contribution in [2.24, 2.45) is 5.92 Å². The SMILES string of the molecule is O=C(NCC1CCN(Cc2ccsc2)CC1)c1cccc2ccccc12. The van der Waals surface area contributed by atoms with Gasteiger partial charge in [-0.2, -0.15) is 11.3 Å². The Balaban J connectivity index is 1.30. The van der Waals surface area contributed by atoms with Crippen LogP contribution in [0.5, 0.6) is 0 Å². The Bertz CT molecular complexity index is 861. The van der Waals surface area contributed by atoms with Gasteiger partial charge in [0, 0.05) is 18.7 Å². The number of fused-ring (bicyclic) bond motifs is 1. The molecule has 1 saturated heterocycles. The van der Waals surface area contributed by atoms with Gasteiger partial charge in [0.25, 0.3) is 5.91 Å². The Morgan fingerprint density at radius 1 is 1.08 bits per heavy atom. The van der Waals surface area contributed by atoms with Gasteiger partial charge in [-0.1, -0.05) is 36.4 Å². The van der Waals surface area contributed by atoms with Gasteiger partial charge >= 0.3 is 0 Å². The van der Waals surface area contributed by atoms with Crippen LogP contribution in [0.1, 0.15) is 28.8 Å². The smallest absolute Gasteiger partial charge is 0.251 e. The number of carbonyl (C=O) groups excluding carboxylic acids is 1. The molecule has 4 rings (SSSR count). The minimum atomic E-state index is 0.0440. The van der Waals surface area contributed by atoms with Crippen molar-refractivity contribution in [3.63, 3.8) is 0 Å². The molecule has 0 radical (unpaired) electrons. The highest BCUT2D eigenvalue weighted by atomic mass is 32.1. The molecule has 1 aromatic heterocycles. The first kappa shape index (κ1) is 17.3. The molecule has 26 heavy (non-hydrogen) atoms. The maximum atomic E-state index is 12.7. The van der Waals surface area contributed by atoms with E-state index in [9.17, 15) is 4.79 Å². The number of nitrogens with one attached hydrogen (secondary N) is 1. The van der Waals surface area contributed by atoms with Gasteiger partial charge in [-0.3, -0.25) is 9.69 Å². The number of rotatable bonds is 5. The van der Waals surface area contributed by atoms with E-state index in [-0.39, 0.29) is 5.91 Å². The molecule has 0 saturated carbocycles. The quantitative estimate of drug-likeness (QED) is 0.721. The molecule has 1 aliphatic heterocycles. The number of hydrogen-bond donors (Lipinski definition) is 1. The van der Waals surface area contributed by atoms with Crippen LogP contribution in [0.3, 0.4) is 0 Å².